The summed E-state index contributed by atoms with van der Waals surface area (Å²) in [6.45, 7) is 6.99. The van der Waals surface area contributed by atoms with Crippen molar-refractivity contribution in [2.75, 3.05) is 50.6 Å². The zero-order valence-electron chi connectivity index (χ0n) is 17.7. The molecule has 0 radical (unpaired) electrons. The van der Waals surface area contributed by atoms with Crippen LogP contribution in [0.5, 0.6) is 11.5 Å². The first-order valence-corrected chi connectivity index (χ1v) is 11.4. The summed E-state index contributed by atoms with van der Waals surface area (Å²) in [5.41, 5.74) is 2.96. The summed E-state index contributed by atoms with van der Waals surface area (Å²) in [4.78, 5) is 16.9. The Kier molecular flexibility index (Phi) is 7.52. The van der Waals surface area contributed by atoms with Gasteiger partial charge in [-0.25, -0.2) is 4.79 Å². The Morgan fingerprint density at radius 2 is 1.63 bits per heavy atom. The number of ether oxygens (including phenoxy) is 2. The molecule has 1 N–H and O–H groups in total. The first kappa shape index (κ1) is 22.7. The number of hydrogen-bond donors (Lipinski definition) is 1. The third-order valence-electron chi connectivity index (χ3n) is 5.26. The maximum atomic E-state index is 12.9. The summed E-state index contributed by atoms with van der Waals surface area (Å²) in [5.74, 6) is 1.93. The van der Waals surface area contributed by atoms with Gasteiger partial charge in [-0.15, -0.1) is 0 Å². The summed E-state index contributed by atoms with van der Waals surface area (Å²) in [6.07, 6.45) is 0. The van der Waals surface area contributed by atoms with Crippen LogP contribution in [-0.4, -0.2) is 51.3 Å². The molecule has 1 aliphatic heterocycles. The number of methoxy groups -OCH3 is 2. The average Bonchev–Trinajstić information content (AvgIpc) is 2.75. The van der Waals surface area contributed by atoms with Crippen LogP contribution in [0.2, 0.25) is 0 Å². The van der Waals surface area contributed by atoms with Crippen LogP contribution >= 0.6 is 31.9 Å². The molecule has 6 nitrogen and oxygen atoms in total. The number of nitrogens with one attached hydrogen (secondary N) is 1. The molecule has 2 aromatic rings. The number of carbonyl (C=O) groups excluding carboxylic acids is 1. The fourth-order valence-electron chi connectivity index (χ4n) is 3.43. The van der Waals surface area contributed by atoms with Crippen molar-refractivity contribution in [3.8, 4) is 11.5 Å². The largest absolute Gasteiger partial charge is 0.497 e. The second-order valence-electron chi connectivity index (χ2n) is 7.46. The Labute approximate surface area is 194 Å². The topological polar surface area (TPSA) is 54.0 Å². The van der Waals surface area contributed by atoms with Crippen molar-refractivity contribution >= 4 is 49.3 Å². The van der Waals surface area contributed by atoms with E-state index in [2.05, 4.69) is 68.1 Å². The van der Waals surface area contributed by atoms with E-state index >= 15 is 0 Å². The van der Waals surface area contributed by atoms with Crippen LogP contribution in [0.4, 0.5) is 16.2 Å². The smallest absolute Gasteiger partial charge is 0.322 e. The Morgan fingerprint density at radius 3 is 2.17 bits per heavy atom. The molecule has 0 aliphatic carbocycles. The Bertz CT molecular complexity index is 889. The predicted octanol–water partition coefficient (Wildman–Crippen LogP) is 5.71. The van der Waals surface area contributed by atoms with Crippen LogP contribution < -0.4 is 19.7 Å². The van der Waals surface area contributed by atoms with Gasteiger partial charge in [0.2, 0.25) is 0 Å². The third-order valence-corrected chi connectivity index (χ3v) is 6.51. The molecule has 1 fully saturated rings. The third kappa shape index (κ3) is 5.03. The van der Waals surface area contributed by atoms with Gasteiger partial charge in [0.15, 0.2) is 0 Å². The number of piperazine rings is 1. The summed E-state index contributed by atoms with van der Waals surface area (Å²) >= 11 is 7.18. The number of urea groups is 1. The number of rotatable bonds is 5. The molecule has 8 heteroatoms. The maximum Gasteiger partial charge on any atom is 0.322 e. The highest BCUT2D eigenvalue weighted by molar-refractivity contribution is 9.11. The van der Waals surface area contributed by atoms with Crippen LogP contribution in [0.25, 0.3) is 0 Å². The van der Waals surface area contributed by atoms with Crippen molar-refractivity contribution in [2.45, 2.75) is 19.8 Å². The van der Waals surface area contributed by atoms with E-state index in [9.17, 15) is 4.79 Å². The molecule has 0 bridgehead atoms. The number of halogens is 2. The van der Waals surface area contributed by atoms with Crippen LogP contribution in [0, 0.1) is 0 Å². The zero-order valence-corrected chi connectivity index (χ0v) is 20.8. The Balaban J connectivity index is 1.65. The molecule has 2 aromatic carbocycles. The lowest BCUT2D eigenvalue weighted by molar-refractivity contribution is 0.208. The van der Waals surface area contributed by atoms with Gasteiger partial charge in [0.1, 0.15) is 11.5 Å². The fourth-order valence-corrected chi connectivity index (χ4v) is 4.85. The van der Waals surface area contributed by atoms with Crippen LogP contribution in [0.1, 0.15) is 25.3 Å². The Hall–Kier alpha value is -1.93. The van der Waals surface area contributed by atoms with Gasteiger partial charge in [0.25, 0.3) is 0 Å². The second kappa shape index (κ2) is 9.92. The van der Waals surface area contributed by atoms with Gasteiger partial charge in [-0.1, -0.05) is 13.8 Å². The second-order valence-corrected chi connectivity index (χ2v) is 9.16. The highest BCUT2D eigenvalue weighted by Gasteiger charge is 2.24. The van der Waals surface area contributed by atoms with Gasteiger partial charge < -0.3 is 24.6 Å². The Morgan fingerprint density at radius 1 is 1.00 bits per heavy atom. The van der Waals surface area contributed by atoms with Gasteiger partial charge in [-0.05, 0) is 67.6 Å². The molecule has 3 rings (SSSR count). The van der Waals surface area contributed by atoms with E-state index in [0.29, 0.717) is 19.0 Å². The molecule has 2 amide bonds. The van der Waals surface area contributed by atoms with Crippen molar-refractivity contribution in [3.63, 3.8) is 0 Å². The quantitative estimate of drug-likeness (QED) is 0.528. The zero-order chi connectivity index (χ0) is 21.8. The number of anilines is 2. The molecule has 30 heavy (non-hydrogen) atoms. The molecule has 162 valence electrons. The van der Waals surface area contributed by atoms with Crippen molar-refractivity contribution in [1.29, 1.82) is 0 Å². The van der Waals surface area contributed by atoms with E-state index in [1.807, 2.05) is 23.1 Å². The highest BCUT2D eigenvalue weighted by Crippen LogP contribution is 2.35. The van der Waals surface area contributed by atoms with Crippen molar-refractivity contribution < 1.29 is 14.3 Å². The normalized spacial score (nSPS) is 14.1. The summed E-state index contributed by atoms with van der Waals surface area (Å²) in [5, 5.41) is 3.04. The minimum absolute atomic E-state index is 0.102. The maximum absolute atomic E-state index is 12.9. The molecule has 1 saturated heterocycles. The number of nitrogens with zero attached hydrogens (tertiary/aromatic N) is 2. The molecular formula is C22H27Br2N3O3. The molecule has 1 heterocycles. The van der Waals surface area contributed by atoms with Gasteiger partial charge >= 0.3 is 6.03 Å². The highest BCUT2D eigenvalue weighted by atomic mass is 79.9. The SMILES string of the molecule is COc1ccc(N2CCN(C(=O)Nc3c(Br)cc(C(C)C)cc3Br)CC2)c(OC)c1. The monoisotopic (exact) mass is 539 g/mol. The first-order chi connectivity index (χ1) is 14.3. The lowest BCUT2D eigenvalue weighted by Gasteiger charge is -2.36. The number of benzene rings is 2. The van der Waals surface area contributed by atoms with Crippen LogP contribution in [-0.2, 0) is 0 Å². The van der Waals surface area contributed by atoms with Crippen LogP contribution in [0.15, 0.2) is 39.3 Å². The summed E-state index contributed by atoms with van der Waals surface area (Å²) in [6, 6.07) is 9.81. The molecule has 0 saturated carbocycles. The van der Waals surface area contributed by atoms with E-state index < -0.39 is 0 Å². The van der Waals surface area contributed by atoms with E-state index in [-0.39, 0.29) is 6.03 Å². The summed E-state index contributed by atoms with van der Waals surface area (Å²) < 4.78 is 12.5. The molecule has 0 aromatic heterocycles. The fraction of sp³-hybridized carbons (Fsp3) is 0.409. The predicted molar refractivity (Wildman–Crippen MR) is 128 cm³/mol. The van der Waals surface area contributed by atoms with Gasteiger partial charge in [0.05, 0.1) is 25.6 Å². The van der Waals surface area contributed by atoms with Gasteiger partial charge in [0, 0.05) is 41.2 Å². The first-order valence-electron chi connectivity index (χ1n) is 9.86. The molecular weight excluding hydrogens is 514 g/mol. The van der Waals surface area contributed by atoms with Crippen molar-refractivity contribution in [3.05, 3.63) is 44.8 Å². The lowest BCUT2D eigenvalue weighted by atomic mass is 10.0. The standard InChI is InChI=1S/C22H27Br2N3O3/c1-14(2)15-11-17(23)21(18(24)12-15)25-22(28)27-9-7-26(8-10-27)19-6-5-16(29-3)13-20(19)30-4/h5-6,11-14H,7-10H2,1-4H3,(H,25,28). The van der Waals surface area contributed by atoms with E-state index in [0.717, 1.165) is 44.9 Å². The van der Waals surface area contributed by atoms with Gasteiger partial charge in [-0.3, -0.25) is 0 Å². The minimum Gasteiger partial charge on any atom is -0.497 e. The number of carbonyl (C=O) groups is 1. The average molecular weight is 541 g/mol. The number of hydrogen-bond acceptors (Lipinski definition) is 4. The van der Waals surface area contributed by atoms with E-state index in [1.165, 1.54) is 5.56 Å². The van der Waals surface area contributed by atoms with E-state index in [1.54, 1.807) is 14.2 Å². The summed E-state index contributed by atoms with van der Waals surface area (Å²) in [7, 11) is 3.29. The van der Waals surface area contributed by atoms with Gasteiger partial charge in [-0.2, -0.15) is 0 Å². The minimum atomic E-state index is -0.102. The molecule has 0 unspecified atom stereocenters. The number of amides is 2. The van der Waals surface area contributed by atoms with Crippen molar-refractivity contribution in [2.24, 2.45) is 0 Å². The molecule has 0 spiro atoms. The van der Waals surface area contributed by atoms with E-state index in [4.69, 9.17) is 9.47 Å². The lowest BCUT2D eigenvalue weighted by Crippen LogP contribution is -2.50. The molecule has 1 aliphatic rings. The molecule has 0 atom stereocenters. The van der Waals surface area contributed by atoms with Crippen molar-refractivity contribution in [1.82, 2.24) is 4.90 Å². The van der Waals surface area contributed by atoms with Crippen LogP contribution in [0.3, 0.4) is 0 Å².